The third-order valence-electron chi connectivity index (χ3n) is 9.27. The molecular weight excluding hydrogens is 506 g/mol. The highest BCUT2D eigenvalue weighted by molar-refractivity contribution is 5.77. The van der Waals surface area contributed by atoms with Crippen LogP contribution < -0.4 is 5.73 Å². The van der Waals surface area contributed by atoms with Gasteiger partial charge in [0.05, 0.1) is 18.1 Å². The summed E-state index contributed by atoms with van der Waals surface area (Å²) in [4.78, 5) is 25.9. The number of rotatable bonds is 15. The van der Waals surface area contributed by atoms with Crippen molar-refractivity contribution in [2.24, 2.45) is 41.2 Å². The van der Waals surface area contributed by atoms with Crippen molar-refractivity contribution in [2.45, 2.75) is 130 Å². The highest BCUT2D eigenvalue weighted by Gasteiger charge is 2.47. The molecule has 40 heavy (non-hydrogen) atoms. The van der Waals surface area contributed by atoms with Gasteiger partial charge in [-0.3, -0.25) is 9.59 Å². The molecule has 0 aromatic rings. The highest BCUT2D eigenvalue weighted by Crippen LogP contribution is 2.47. The summed E-state index contributed by atoms with van der Waals surface area (Å²) in [5.74, 6) is -1.29. The molecule has 7 nitrogen and oxygen atoms in total. The summed E-state index contributed by atoms with van der Waals surface area (Å²) in [7, 11) is 0. The first-order valence-electron chi connectivity index (χ1n) is 16.0. The lowest BCUT2D eigenvalue weighted by Crippen LogP contribution is -2.47. The number of unbranched alkanes of at least 4 members (excludes halogenated alkanes) is 2. The number of nitrogens with two attached hydrogens (primary N) is 1. The van der Waals surface area contributed by atoms with Gasteiger partial charge in [-0.25, -0.2) is 0 Å². The lowest BCUT2D eigenvalue weighted by molar-refractivity contribution is -0.195. The molecule has 3 N–H and O–H groups in total. The van der Waals surface area contributed by atoms with Crippen molar-refractivity contribution in [3.63, 3.8) is 0 Å². The van der Waals surface area contributed by atoms with E-state index >= 15 is 0 Å². The first-order valence-corrected chi connectivity index (χ1v) is 16.0. The molecule has 10 unspecified atom stereocenters. The average molecular weight is 562 g/mol. The van der Waals surface area contributed by atoms with E-state index in [4.69, 9.17) is 19.9 Å². The minimum absolute atomic E-state index is 0.0531. The van der Waals surface area contributed by atoms with Gasteiger partial charge in [0, 0.05) is 18.4 Å². The maximum absolute atomic E-state index is 13.0. The van der Waals surface area contributed by atoms with E-state index < -0.39 is 17.9 Å². The summed E-state index contributed by atoms with van der Waals surface area (Å²) in [6, 6.07) is 0. The predicted octanol–water partition coefficient (Wildman–Crippen LogP) is 6.08. The molecule has 10 atom stereocenters. The molecule has 1 amide bonds. The van der Waals surface area contributed by atoms with E-state index in [0.717, 1.165) is 63.4 Å². The fourth-order valence-corrected chi connectivity index (χ4v) is 6.81. The van der Waals surface area contributed by atoms with Crippen LogP contribution in [0.2, 0.25) is 0 Å². The van der Waals surface area contributed by atoms with Gasteiger partial charge >= 0.3 is 5.97 Å². The van der Waals surface area contributed by atoms with Gasteiger partial charge in [0.2, 0.25) is 5.91 Å². The molecule has 0 bridgehead atoms. The molecule has 0 spiro atoms. The number of esters is 1. The summed E-state index contributed by atoms with van der Waals surface area (Å²) in [5, 5.41) is 11.3. The molecule has 7 heteroatoms. The molecule has 1 fully saturated rings. The maximum atomic E-state index is 13.0. The zero-order valence-corrected chi connectivity index (χ0v) is 25.6. The second-order valence-electron chi connectivity index (χ2n) is 12.7. The number of ether oxygens (including phenoxy) is 3. The highest BCUT2D eigenvalue weighted by atomic mass is 16.7. The number of aliphatic hydroxyl groups excluding tert-OH is 1. The van der Waals surface area contributed by atoms with E-state index in [1.807, 2.05) is 13.8 Å². The fourth-order valence-electron chi connectivity index (χ4n) is 6.81. The second-order valence-corrected chi connectivity index (χ2v) is 12.7. The van der Waals surface area contributed by atoms with E-state index in [1.165, 1.54) is 0 Å². The number of amides is 1. The Kier molecular flexibility index (Phi) is 13.2. The standard InChI is InChI=1S/C33H55NO6/c1-6-8-9-12-26(39-29-13-10-11-16-38-29)19-25(35)20-27(32(34)36)30-23(5)14-15-24-17-21(3)18-28(31(24)30)40-33(37)22(4)7-2/h14-15,17,21-23,25-31,35H,6-13,16,18-20H2,1-5H3,(H2,34,36). The number of aliphatic hydroxyl groups is 1. The van der Waals surface area contributed by atoms with Crippen LogP contribution in [0.15, 0.2) is 23.8 Å². The third-order valence-corrected chi connectivity index (χ3v) is 9.27. The largest absolute Gasteiger partial charge is 0.461 e. The van der Waals surface area contributed by atoms with Crippen LogP contribution in [0.3, 0.4) is 0 Å². The van der Waals surface area contributed by atoms with Crippen molar-refractivity contribution in [3.8, 4) is 0 Å². The number of allylic oxidation sites excluding steroid dienone is 3. The van der Waals surface area contributed by atoms with Crippen LogP contribution in [0, 0.1) is 35.5 Å². The summed E-state index contributed by atoms with van der Waals surface area (Å²) in [6.07, 6.45) is 14.4. The molecule has 3 aliphatic rings. The van der Waals surface area contributed by atoms with Crippen LogP contribution in [-0.4, -0.2) is 48.2 Å². The Morgan fingerprint density at radius 2 is 1.95 bits per heavy atom. The first-order chi connectivity index (χ1) is 19.1. The van der Waals surface area contributed by atoms with Crippen LogP contribution >= 0.6 is 0 Å². The van der Waals surface area contributed by atoms with Gasteiger partial charge in [0.1, 0.15) is 6.10 Å². The van der Waals surface area contributed by atoms with Crippen LogP contribution in [-0.2, 0) is 23.8 Å². The number of carbonyl (C=O) groups is 2. The van der Waals surface area contributed by atoms with E-state index in [9.17, 15) is 14.7 Å². The van der Waals surface area contributed by atoms with Crippen LogP contribution in [0.1, 0.15) is 105 Å². The first kappa shape index (κ1) is 32.8. The summed E-state index contributed by atoms with van der Waals surface area (Å²) in [6.45, 7) is 11.0. The molecule has 0 radical (unpaired) electrons. The molecule has 0 aromatic heterocycles. The minimum atomic E-state index is -0.734. The third kappa shape index (κ3) is 9.15. The number of hydrogen-bond acceptors (Lipinski definition) is 6. The molecule has 2 aliphatic carbocycles. The Bertz CT molecular complexity index is 865. The van der Waals surface area contributed by atoms with Gasteiger partial charge in [0.25, 0.3) is 0 Å². The van der Waals surface area contributed by atoms with E-state index in [2.05, 4.69) is 39.0 Å². The Morgan fingerprint density at radius 1 is 1.18 bits per heavy atom. The second kappa shape index (κ2) is 16.1. The van der Waals surface area contributed by atoms with E-state index in [1.54, 1.807) is 0 Å². The van der Waals surface area contributed by atoms with Gasteiger partial charge < -0.3 is 25.1 Å². The predicted molar refractivity (Wildman–Crippen MR) is 157 cm³/mol. The average Bonchev–Trinajstić information content (AvgIpc) is 2.92. The summed E-state index contributed by atoms with van der Waals surface area (Å²) >= 11 is 0. The van der Waals surface area contributed by atoms with Crippen molar-refractivity contribution < 1.29 is 28.9 Å². The number of hydrogen-bond donors (Lipinski definition) is 2. The SMILES string of the molecule is CCCCCC(CC(O)CC(C(N)=O)C1C(C)C=CC2=CC(C)CC(OC(=O)C(C)CC)C21)OC1CCCCO1. The van der Waals surface area contributed by atoms with Crippen molar-refractivity contribution >= 4 is 11.9 Å². The van der Waals surface area contributed by atoms with Gasteiger partial charge in [-0.2, -0.15) is 0 Å². The van der Waals surface area contributed by atoms with E-state index in [0.29, 0.717) is 13.0 Å². The van der Waals surface area contributed by atoms with Crippen molar-refractivity contribution in [2.75, 3.05) is 6.61 Å². The van der Waals surface area contributed by atoms with Crippen molar-refractivity contribution in [1.29, 1.82) is 0 Å². The van der Waals surface area contributed by atoms with E-state index in [-0.39, 0.29) is 60.5 Å². The van der Waals surface area contributed by atoms with Gasteiger partial charge in [-0.15, -0.1) is 0 Å². The Labute approximate surface area is 242 Å². The van der Waals surface area contributed by atoms with Gasteiger partial charge in [-0.1, -0.05) is 72.1 Å². The molecule has 1 aliphatic heterocycles. The zero-order valence-electron chi connectivity index (χ0n) is 25.6. The van der Waals surface area contributed by atoms with Crippen molar-refractivity contribution in [3.05, 3.63) is 23.8 Å². The Morgan fingerprint density at radius 3 is 2.60 bits per heavy atom. The van der Waals surface area contributed by atoms with Crippen molar-refractivity contribution in [1.82, 2.24) is 0 Å². The maximum Gasteiger partial charge on any atom is 0.308 e. The fraction of sp³-hybridized carbons (Fsp3) is 0.818. The molecule has 1 saturated heterocycles. The van der Waals surface area contributed by atoms with Gasteiger partial charge in [0.15, 0.2) is 6.29 Å². The molecule has 228 valence electrons. The number of fused-ring (bicyclic) bond motifs is 1. The summed E-state index contributed by atoms with van der Waals surface area (Å²) < 4.78 is 18.3. The Hall–Kier alpha value is -1.70. The summed E-state index contributed by atoms with van der Waals surface area (Å²) in [5.41, 5.74) is 7.18. The van der Waals surface area contributed by atoms with Crippen LogP contribution in [0.5, 0.6) is 0 Å². The Balaban J connectivity index is 1.78. The topological polar surface area (TPSA) is 108 Å². The number of carbonyl (C=O) groups excluding carboxylic acids is 2. The molecule has 0 saturated carbocycles. The molecule has 1 heterocycles. The molecule has 3 rings (SSSR count). The lowest BCUT2D eigenvalue weighted by Gasteiger charge is -2.45. The lowest BCUT2D eigenvalue weighted by atomic mass is 9.61. The minimum Gasteiger partial charge on any atom is -0.461 e. The normalized spacial score (nSPS) is 31.4. The van der Waals surface area contributed by atoms with Crippen LogP contribution in [0.4, 0.5) is 0 Å². The quantitative estimate of drug-likeness (QED) is 0.185. The van der Waals surface area contributed by atoms with Crippen LogP contribution in [0.25, 0.3) is 0 Å². The van der Waals surface area contributed by atoms with Gasteiger partial charge in [-0.05, 0) is 74.7 Å². The zero-order chi connectivity index (χ0) is 29.2. The number of primary amides is 1. The smallest absolute Gasteiger partial charge is 0.308 e. The monoisotopic (exact) mass is 561 g/mol. The molecule has 0 aromatic carbocycles. The molecular formula is C33H55NO6.